The molecule has 13 heavy (non-hydrogen) atoms. The van der Waals surface area contributed by atoms with Crippen molar-refractivity contribution in [3.8, 4) is 0 Å². The maximum Gasteiger partial charge on any atom is 0.218 e. The Morgan fingerprint density at radius 2 is 2.15 bits per heavy atom. The lowest BCUT2D eigenvalue weighted by molar-refractivity contribution is 0.404. The van der Waals surface area contributed by atoms with Crippen molar-refractivity contribution in [1.29, 1.82) is 0 Å². The zero-order valence-corrected chi connectivity index (χ0v) is 7.40. The van der Waals surface area contributed by atoms with Gasteiger partial charge in [-0.25, -0.2) is 4.99 Å². The van der Waals surface area contributed by atoms with E-state index in [1.54, 1.807) is 13.3 Å². The number of rotatable bonds is 0. The van der Waals surface area contributed by atoms with E-state index in [0.717, 1.165) is 11.3 Å². The van der Waals surface area contributed by atoms with E-state index in [-0.39, 0.29) is 0 Å². The van der Waals surface area contributed by atoms with Crippen LogP contribution in [0.1, 0.15) is 5.56 Å². The molecule has 3 heteroatoms. The summed E-state index contributed by atoms with van der Waals surface area (Å²) < 4.78 is 5.17. The molecule has 1 aliphatic rings. The fraction of sp³-hybridized carbons (Fsp3) is 0.200. The van der Waals surface area contributed by atoms with Gasteiger partial charge in [0.2, 0.25) is 5.90 Å². The molecule has 1 heterocycles. The van der Waals surface area contributed by atoms with E-state index >= 15 is 0 Å². The molecule has 0 bridgehead atoms. The van der Waals surface area contributed by atoms with Crippen molar-refractivity contribution in [3.05, 3.63) is 29.8 Å². The second-order valence-corrected chi connectivity index (χ2v) is 2.68. The average molecular weight is 174 g/mol. The fourth-order valence-corrected chi connectivity index (χ4v) is 1.29. The molecule has 0 fully saturated rings. The van der Waals surface area contributed by atoms with Crippen LogP contribution in [-0.2, 0) is 4.74 Å². The molecule has 0 unspecified atom stereocenters. The van der Waals surface area contributed by atoms with Gasteiger partial charge in [-0.1, -0.05) is 12.1 Å². The first-order valence-corrected chi connectivity index (χ1v) is 4.12. The number of aliphatic imine (C=N–C) groups is 2. The Morgan fingerprint density at radius 3 is 3.00 bits per heavy atom. The Morgan fingerprint density at radius 1 is 1.31 bits per heavy atom. The van der Waals surface area contributed by atoms with Crippen molar-refractivity contribution in [2.24, 2.45) is 9.98 Å². The molecule has 1 aliphatic heterocycles. The molecule has 3 nitrogen and oxygen atoms in total. The lowest BCUT2D eigenvalue weighted by Crippen LogP contribution is -2.03. The van der Waals surface area contributed by atoms with Gasteiger partial charge in [-0.05, 0) is 12.1 Å². The van der Waals surface area contributed by atoms with Crippen LogP contribution in [0.15, 0.2) is 34.3 Å². The second-order valence-electron chi connectivity index (χ2n) is 2.68. The molecule has 0 amide bonds. The van der Waals surface area contributed by atoms with E-state index in [2.05, 4.69) is 9.98 Å². The van der Waals surface area contributed by atoms with Crippen molar-refractivity contribution >= 4 is 17.8 Å². The summed E-state index contributed by atoms with van der Waals surface area (Å²) in [6.07, 6.45) is 1.78. The molecule has 0 spiro atoms. The minimum atomic E-state index is 0.581. The maximum absolute atomic E-state index is 5.17. The van der Waals surface area contributed by atoms with Crippen LogP contribution >= 0.6 is 0 Å². The van der Waals surface area contributed by atoms with Crippen LogP contribution in [0.2, 0.25) is 0 Å². The molecule has 0 aliphatic carbocycles. The Bertz CT molecular complexity index is 369. The minimum absolute atomic E-state index is 0.581. The van der Waals surface area contributed by atoms with E-state index in [0.29, 0.717) is 12.4 Å². The minimum Gasteiger partial charge on any atom is -0.481 e. The topological polar surface area (TPSA) is 34.0 Å². The van der Waals surface area contributed by atoms with Gasteiger partial charge in [0.15, 0.2) is 0 Å². The number of para-hydroxylation sites is 1. The van der Waals surface area contributed by atoms with Crippen LogP contribution in [0.3, 0.4) is 0 Å². The van der Waals surface area contributed by atoms with E-state index < -0.39 is 0 Å². The van der Waals surface area contributed by atoms with Gasteiger partial charge in [0.25, 0.3) is 0 Å². The van der Waals surface area contributed by atoms with Gasteiger partial charge >= 0.3 is 0 Å². The third-order valence-electron chi connectivity index (χ3n) is 1.87. The van der Waals surface area contributed by atoms with E-state index in [1.807, 2.05) is 24.3 Å². The van der Waals surface area contributed by atoms with Crippen molar-refractivity contribution in [2.75, 3.05) is 13.7 Å². The summed E-state index contributed by atoms with van der Waals surface area (Å²) in [5, 5.41) is 0. The fourth-order valence-electron chi connectivity index (χ4n) is 1.29. The van der Waals surface area contributed by atoms with Gasteiger partial charge in [-0.2, -0.15) is 0 Å². The Balaban J connectivity index is 2.55. The first-order chi connectivity index (χ1) is 6.42. The number of benzene rings is 1. The second kappa shape index (κ2) is 3.39. The molecule has 0 radical (unpaired) electrons. The van der Waals surface area contributed by atoms with Gasteiger partial charge in [0.05, 0.1) is 24.9 Å². The molecule has 66 valence electrons. The van der Waals surface area contributed by atoms with Crippen LogP contribution < -0.4 is 0 Å². The highest BCUT2D eigenvalue weighted by atomic mass is 16.5. The summed E-state index contributed by atoms with van der Waals surface area (Å²) in [4.78, 5) is 8.49. The van der Waals surface area contributed by atoms with Crippen molar-refractivity contribution < 1.29 is 4.74 Å². The highest BCUT2D eigenvalue weighted by Crippen LogP contribution is 2.20. The van der Waals surface area contributed by atoms with Gasteiger partial charge < -0.3 is 4.74 Å². The van der Waals surface area contributed by atoms with Crippen molar-refractivity contribution in [1.82, 2.24) is 0 Å². The first kappa shape index (κ1) is 7.98. The Labute approximate surface area is 76.8 Å². The van der Waals surface area contributed by atoms with E-state index in [1.165, 1.54) is 0 Å². The zero-order chi connectivity index (χ0) is 9.10. The summed E-state index contributed by atoms with van der Waals surface area (Å²) in [5.74, 6) is 0.660. The van der Waals surface area contributed by atoms with Crippen LogP contribution in [0.5, 0.6) is 0 Å². The lowest BCUT2D eigenvalue weighted by Gasteiger charge is -2.04. The number of hydrogen-bond acceptors (Lipinski definition) is 3. The largest absolute Gasteiger partial charge is 0.481 e. The van der Waals surface area contributed by atoms with Gasteiger partial charge in [-0.15, -0.1) is 0 Å². The number of hydrogen-bond donors (Lipinski definition) is 0. The Hall–Kier alpha value is -1.64. The van der Waals surface area contributed by atoms with Crippen LogP contribution in [-0.4, -0.2) is 25.8 Å². The third kappa shape index (κ3) is 1.45. The van der Waals surface area contributed by atoms with Gasteiger partial charge in [0, 0.05) is 6.21 Å². The van der Waals surface area contributed by atoms with Crippen LogP contribution in [0.4, 0.5) is 5.69 Å². The predicted molar refractivity (Wildman–Crippen MR) is 53.0 cm³/mol. The third-order valence-corrected chi connectivity index (χ3v) is 1.87. The molecule has 0 aromatic heterocycles. The highest BCUT2D eigenvalue weighted by Gasteiger charge is 2.09. The highest BCUT2D eigenvalue weighted by molar-refractivity contribution is 6.00. The van der Waals surface area contributed by atoms with Gasteiger partial charge in [0.1, 0.15) is 0 Å². The molecule has 1 aromatic carbocycles. The molecule has 2 rings (SSSR count). The SMILES string of the molecule is COC1=NCC=Nc2ccccc21. The quantitative estimate of drug-likeness (QED) is 0.590. The van der Waals surface area contributed by atoms with E-state index in [9.17, 15) is 0 Å². The summed E-state index contributed by atoms with van der Waals surface area (Å²) in [6.45, 7) is 0.581. The molecule has 0 saturated heterocycles. The van der Waals surface area contributed by atoms with E-state index in [4.69, 9.17) is 4.74 Å². The molecule has 1 aromatic rings. The summed E-state index contributed by atoms with van der Waals surface area (Å²) in [6, 6.07) is 7.81. The first-order valence-electron chi connectivity index (χ1n) is 4.12. The molecule has 0 saturated carbocycles. The normalized spacial score (nSPS) is 14.4. The van der Waals surface area contributed by atoms with Crippen LogP contribution in [0, 0.1) is 0 Å². The molecule has 0 N–H and O–H groups in total. The number of methoxy groups -OCH3 is 1. The van der Waals surface area contributed by atoms with Crippen molar-refractivity contribution in [3.63, 3.8) is 0 Å². The Kier molecular flexibility index (Phi) is 2.08. The summed E-state index contributed by atoms with van der Waals surface area (Å²) >= 11 is 0. The standard InChI is InChI=1S/C10H10N2O/c1-13-10-8-4-2-3-5-9(8)11-6-7-12-10/h2-6H,7H2,1H3. The van der Waals surface area contributed by atoms with Crippen molar-refractivity contribution in [2.45, 2.75) is 0 Å². The van der Waals surface area contributed by atoms with Gasteiger partial charge in [-0.3, -0.25) is 4.99 Å². The zero-order valence-electron chi connectivity index (χ0n) is 7.40. The summed E-state index contributed by atoms with van der Waals surface area (Å²) in [7, 11) is 1.63. The van der Waals surface area contributed by atoms with Crippen LogP contribution in [0.25, 0.3) is 0 Å². The molecule has 0 atom stereocenters. The molecular weight excluding hydrogens is 164 g/mol. The number of fused-ring (bicyclic) bond motifs is 1. The number of nitrogens with zero attached hydrogens (tertiary/aromatic N) is 2. The lowest BCUT2D eigenvalue weighted by atomic mass is 10.2. The average Bonchev–Trinajstić information content (AvgIpc) is 2.39. The number of ether oxygens (including phenoxy) is 1. The summed E-state index contributed by atoms with van der Waals surface area (Å²) in [5.41, 5.74) is 1.87. The monoisotopic (exact) mass is 174 g/mol. The maximum atomic E-state index is 5.17. The molecular formula is C10H10N2O. The predicted octanol–water partition coefficient (Wildman–Crippen LogP) is 1.80. The smallest absolute Gasteiger partial charge is 0.218 e.